The van der Waals surface area contributed by atoms with Crippen molar-refractivity contribution in [1.82, 2.24) is 15.1 Å². The number of hydrogen-bond donors (Lipinski definition) is 0. The molecule has 146 valence electrons. The molecule has 1 aromatic heterocycles. The van der Waals surface area contributed by atoms with Crippen molar-refractivity contribution in [3.63, 3.8) is 0 Å². The van der Waals surface area contributed by atoms with Crippen LogP contribution in [0.1, 0.15) is 40.5 Å². The summed E-state index contributed by atoms with van der Waals surface area (Å²) in [5.74, 6) is 0.416. The zero-order chi connectivity index (χ0) is 20.0. The number of benzene rings is 1. The Bertz CT molecular complexity index is 785. The molecule has 8 nitrogen and oxygen atoms in total. The second-order valence-electron chi connectivity index (χ2n) is 6.28. The Balaban J connectivity index is 2.06. The molecule has 0 N–H and O–H groups in total. The van der Waals surface area contributed by atoms with E-state index >= 15 is 0 Å². The minimum absolute atomic E-state index is 0.0267. The number of nitro groups is 1. The lowest BCUT2D eigenvalue weighted by Gasteiger charge is -2.33. The third-order valence-corrected chi connectivity index (χ3v) is 5.25. The zero-order valence-electron chi connectivity index (χ0n) is 15.9. The Morgan fingerprint density at radius 1 is 1.26 bits per heavy atom. The molecule has 0 aliphatic carbocycles. The predicted octanol–water partition coefficient (Wildman–Crippen LogP) is 4.16. The number of hydrogen-bond acceptors (Lipinski definition) is 7. The number of nitrogens with zero attached hydrogens (tertiary/aromatic N) is 4. The Labute approximate surface area is 162 Å². The number of carbonyl (C=O) groups excluding carboxylic acids is 1. The number of rotatable bonds is 9. The fourth-order valence-corrected chi connectivity index (χ4v) is 3.29. The molecule has 1 amide bonds. The highest BCUT2D eigenvalue weighted by atomic mass is 32.2. The van der Waals surface area contributed by atoms with Crippen LogP contribution >= 0.6 is 11.8 Å². The maximum absolute atomic E-state index is 12.7. The smallest absolute Gasteiger partial charge is 0.277 e. The van der Waals surface area contributed by atoms with E-state index in [1.165, 1.54) is 23.9 Å². The van der Waals surface area contributed by atoms with E-state index < -0.39 is 4.92 Å². The second-order valence-corrected chi connectivity index (χ2v) is 7.21. The van der Waals surface area contributed by atoms with Gasteiger partial charge in [-0.15, -0.1) is 10.2 Å². The molecule has 0 aliphatic heterocycles. The summed E-state index contributed by atoms with van der Waals surface area (Å²) in [6.45, 7) is 8.21. The van der Waals surface area contributed by atoms with Crippen molar-refractivity contribution < 1.29 is 14.1 Å². The van der Waals surface area contributed by atoms with Crippen LogP contribution in [0.3, 0.4) is 0 Å². The van der Waals surface area contributed by atoms with E-state index in [1.54, 1.807) is 12.1 Å². The highest BCUT2D eigenvalue weighted by Crippen LogP contribution is 2.26. The largest absolute Gasteiger partial charge is 0.411 e. The zero-order valence-corrected chi connectivity index (χ0v) is 16.7. The number of nitro benzene ring substituents is 1. The van der Waals surface area contributed by atoms with Gasteiger partial charge >= 0.3 is 0 Å². The summed E-state index contributed by atoms with van der Waals surface area (Å²) in [7, 11) is 0. The van der Waals surface area contributed by atoms with Crippen LogP contribution in [0.25, 0.3) is 11.5 Å². The molecule has 1 aromatic carbocycles. The SMILES string of the molecule is CC[C@H](C)N(C(=O)CSc1nnc(-c2cccc([N+](=O)[O-])c2)o1)[C@@H](C)CC. The molecule has 0 spiro atoms. The first-order chi connectivity index (χ1) is 12.9. The molecule has 9 heteroatoms. The van der Waals surface area contributed by atoms with E-state index in [4.69, 9.17) is 4.42 Å². The van der Waals surface area contributed by atoms with Gasteiger partial charge in [-0.2, -0.15) is 0 Å². The summed E-state index contributed by atoms with van der Waals surface area (Å²) < 4.78 is 5.56. The van der Waals surface area contributed by atoms with E-state index in [2.05, 4.69) is 24.0 Å². The lowest BCUT2D eigenvalue weighted by Crippen LogP contribution is -2.45. The van der Waals surface area contributed by atoms with E-state index in [0.717, 1.165) is 12.8 Å². The third kappa shape index (κ3) is 5.29. The topological polar surface area (TPSA) is 102 Å². The summed E-state index contributed by atoms with van der Waals surface area (Å²) in [6, 6.07) is 6.32. The lowest BCUT2D eigenvalue weighted by atomic mass is 10.1. The summed E-state index contributed by atoms with van der Waals surface area (Å²) in [5, 5.41) is 19.0. The molecule has 0 saturated carbocycles. The average molecular weight is 392 g/mol. The van der Waals surface area contributed by atoms with Crippen LogP contribution in [-0.4, -0.2) is 43.8 Å². The van der Waals surface area contributed by atoms with Gasteiger partial charge < -0.3 is 9.32 Å². The first kappa shape index (κ1) is 20.9. The van der Waals surface area contributed by atoms with Crippen LogP contribution in [-0.2, 0) is 4.79 Å². The Morgan fingerprint density at radius 3 is 2.52 bits per heavy atom. The molecule has 2 aromatic rings. The molecule has 0 radical (unpaired) electrons. The fourth-order valence-electron chi connectivity index (χ4n) is 2.65. The van der Waals surface area contributed by atoms with Crippen molar-refractivity contribution in [1.29, 1.82) is 0 Å². The lowest BCUT2D eigenvalue weighted by molar-refractivity contribution is -0.384. The molecular weight excluding hydrogens is 368 g/mol. The van der Waals surface area contributed by atoms with Crippen LogP contribution < -0.4 is 0 Å². The van der Waals surface area contributed by atoms with E-state index in [0.29, 0.717) is 5.56 Å². The fraction of sp³-hybridized carbons (Fsp3) is 0.500. The molecule has 0 bridgehead atoms. The monoisotopic (exact) mass is 392 g/mol. The second kappa shape index (κ2) is 9.50. The average Bonchev–Trinajstić information content (AvgIpc) is 3.15. The van der Waals surface area contributed by atoms with E-state index in [1.807, 2.05) is 18.7 Å². The van der Waals surface area contributed by atoms with Gasteiger partial charge in [0, 0.05) is 29.8 Å². The molecule has 0 fully saturated rings. The van der Waals surface area contributed by atoms with Crippen molar-refractivity contribution >= 4 is 23.4 Å². The molecule has 1 heterocycles. The van der Waals surface area contributed by atoms with Crippen molar-refractivity contribution in [3.8, 4) is 11.5 Å². The molecule has 2 rings (SSSR count). The minimum atomic E-state index is -0.480. The standard InChI is InChI=1S/C18H24N4O4S/c1-5-12(3)21(13(4)6-2)16(23)11-27-18-20-19-17(26-18)14-8-7-9-15(10-14)22(24)25/h7-10,12-13H,5-6,11H2,1-4H3/t12-,13-/m0/s1. The van der Waals surface area contributed by atoms with Crippen LogP contribution in [0.2, 0.25) is 0 Å². The van der Waals surface area contributed by atoms with E-state index in [-0.39, 0.29) is 40.5 Å². The quantitative estimate of drug-likeness (QED) is 0.358. The van der Waals surface area contributed by atoms with Crippen LogP contribution in [0, 0.1) is 10.1 Å². The van der Waals surface area contributed by atoms with Crippen molar-refractivity contribution in [2.75, 3.05) is 5.75 Å². The van der Waals surface area contributed by atoms with Gasteiger partial charge in [0.25, 0.3) is 10.9 Å². The molecule has 0 saturated heterocycles. The Morgan fingerprint density at radius 2 is 1.93 bits per heavy atom. The summed E-state index contributed by atoms with van der Waals surface area (Å²) in [6.07, 6.45) is 1.77. The van der Waals surface area contributed by atoms with Gasteiger partial charge in [0.15, 0.2) is 0 Å². The number of amides is 1. The number of non-ortho nitro benzene ring substituents is 1. The summed E-state index contributed by atoms with van der Waals surface area (Å²) in [4.78, 5) is 25.0. The van der Waals surface area contributed by atoms with Gasteiger partial charge in [0.2, 0.25) is 11.8 Å². The van der Waals surface area contributed by atoms with Gasteiger partial charge in [0.1, 0.15) is 0 Å². The number of aromatic nitrogens is 2. The van der Waals surface area contributed by atoms with Crippen LogP contribution in [0.15, 0.2) is 33.9 Å². The Hall–Kier alpha value is -2.42. The molecule has 0 aliphatic rings. The number of thioether (sulfide) groups is 1. The van der Waals surface area contributed by atoms with E-state index in [9.17, 15) is 14.9 Å². The minimum Gasteiger partial charge on any atom is -0.411 e. The van der Waals surface area contributed by atoms with Crippen molar-refractivity contribution in [2.24, 2.45) is 0 Å². The molecule has 2 atom stereocenters. The first-order valence-corrected chi connectivity index (χ1v) is 9.88. The first-order valence-electron chi connectivity index (χ1n) is 8.89. The van der Waals surface area contributed by atoms with Crippen molar-refractivity contribution in [3.05, 3.63) is 34.4 Å². The molecular formula is C18H24N4O4S. The van der Waals surface area contributed by atoms with Crippen LogP contribution in [0.5, 0.6) is 0 Å². The molecule has 27 heavy (non-hydrogen) atoms. The highest BCUT2D eigenvalue weighted by Gasteiger charge is 2.24. The number of carbonyl (C=O) groups is 1. The Kier molecular flexibility index (Phi) is 7.35. The summed E-state index contributed by atoms with van der Waals surface area (Å²) >= 11 is 1.17. The van der Waals surface area contributed by atoms with Gasteiger partial charge in [-0.25, -0.2) is 0 Å². The van der Waals surface area contributed by atoms with Crippen molar-refractivity contribution in [2.45, 2.75) is 57.8 Å². The summed E-state index contributed by atoms with van der Waals surface area (Å²) in [5.41, 5.74) is 0.420. The van der Waals surface area contributed by atoms with Gasteiger partial charge in [-0.1, -0.05) is 31.7 Å². The normalized spacial score (nSPS) is 13.2. The highest BCUT2D eigenvalue weighted by molar-refractivity contribution is 7.99. The van der Waals surface area contributed by atoms with Gasteiger partial charge in [0.05, 0.1) is 10.7 Å². The van der Waals surface area contributed by atoms with Crippen LogP contribution in [0.4, 0.5) is 5.69 Å². The molecule has 0 unspecified atom stereocenters. The maximum atomic E-state index is 12.7. The van der Waals surface area contributed by atoms with Gasteiger partial charge in [-0.05, 0) is 32.8 Å². The van der Waals surface area contributed by atoms with Gasteiger partial charge in [-0.3, -0.25) is 14.9 Å². The third-order valence-electron chi connectivity index (χ3n) is 4.45. The maximum Gasteiger partial charge on any atom is 0.277 e. The predicted molar refractivity (Wildman–Crippen MR) is 103 cm³/mol.